The first kappa shape index (κ1) is 11.6. The van der Waals surface area contributed by atoms with E-state index in [4.69, 9.17) is 10.7 Å². The number of rotatable bonds is 2. The highest BCUT2D eigenvalue weighted by Crippen LogP contribution is 2.30. The molecule has 0 amide bonds. The topological polar surface area (TPSA) is 34.1 Å². The Labute approximate surface area is 103 Å². The lowest BCUT2D eigenvalue weighted by Gasteiger charge is -2.05. The van der Waals surface area contributed by atoms with Gasteiger partial charge in [-0.2, -0.15) is 0 Å². The van der Waals surface area contributed by atoms with Crippen LogP contribution in [0.1, 0.15) is 5.56 Å². The standard InChI is InChI=1S/C11H9ClO2S2/c1-8-4-5-9(16(12,13)14)7-10(8)11-3-2-6-15-11/h2-7H,1H3. The molecule has 0 radical (unpaired) electrons. The summed E-state index contributed by atoms with van der Waals surface area (Å²) in [5.74, 6) is 0. The van der Waals surface area contributed by atoms with E-state index in [0.29, 0.717) is 0 Å². The molecule has 0 saturated carbocycles. The van der Waals surface area contributed by atoms with Gasteiger partial charge in [-0.25, -0.2) is 8.42 Å². The van der Waals surface area contributed by atoms with Crippen LogP contribution in [0.5, 0.6) is 0 Å². The van der Waals surface area contributed by atoms with Crippen molar-refractivity contribution < 1.29 is 8.42 Å². The third-order valence-electron chi connectivity index (χ3n) is 2.28. The summed E-state index contributed by atoms with van der Waals surface area (Å²) in [6, 6.07) is 8.79. The van der Waals surface area contributed by atoms with E-state index in [0.717, 1.165) is 16.0 Å². The van der Waals surface area contributed by atoms with Gasteiger partial charge in [0.2, 0.25) is 0 Å². The van der Waals surface area contributed by atoms with Crippen LogP contribution < -0.4 is 0 Å². The van der Waals surface area contributed by atoms with Crippen LogP contribution in [0, 0.1) is 6.92 Å². The molecular weight excluding hydrogens is 264 g/mol. The third kappa shape index (κ3) is 2.29. The Hall–Kier alpha value is -0.840. The molecule has 0 fully saturated rings. The van der Waals surface area contributed by atoms with Crippen molar-refractivity contribution >= 4 is 31.1 Å². The van der Waals surface area contributed by atoms with Crippen LogP contribution in [0.25, 0.3) is 10.4 Å². The SMILES string of the molecule is Cc1ccc(S(=O)(=O)Cl)cc1-c1cccs1. The van der Waals surface area contributed by atoms with Gasteiger partial charge in [-0.3, -0.25) is 0 Å². The van der Waals surface area contributed by atoms with Gasteiger partial charge in [0.1, 0.15) is 0 Å². The van der Waals surface area contributed by atoms with E-state index in [-0.39, 0.29) is 4.90 Å². The van der Waals surface area contributed by atoms with Crippen molar-refractivity contribution in [1.29, 1.82) is 0 Å². The Morgan fingerprint density at radius 1 is 1.25 bits per heavy atom. The highest BCUT2D eigenvalue weighted by atomic mass is 35.7. The number of benzene rings is 1. The average Bonchev–Trinajstić information content (AvgIpc) is 2.69. The average molecular weight is 273 g/mol. The van der Waals surface area contributed by atoms with Crippen molar-refractivity contribution in [2.75, 3.05) is 0 Å². The Balaban J connectivity index is 2.63. The van der Waals surface area contributed by atoms with Crippen molar-refractivity contribution in [3.8, 4) is 10.4 Å². The van der Waals surface area contributed by atoms with Crippen LogP contribution in [0.4, 0.5) is 0 Å². The summed E-state index contributed by atoms with van der Waals surface area (Å²) in [4.78, 5) is 1.18. The number of halogens is 1. The van der Waals surface area contributed by atoms with Gasteiger partial charge in [0.15, 0.2) is 0 Å². The number of thiophene rings is 1. The van der Waals surface area contributed by atoms with E-state index in [1.54, 1.807) is 23.5 Å². The van der Waals surface area contributed by atoms with E-state index in [1.165, 1.54) is 6.07 Å². The molecule has 84 valence electrons. The quantitative estimate of drug-likeness (QED) is 0.782. The zero-order valence-corrected chi connectivity index (χ0v) is 10.9. The monoisotopic (exact) mass is 272 g/mol. The molecule has 1 aromatic carbocycles. The van der Waals surface area contributed by atoms with E-state index in [1.807, 2.05) is 24.4 Å². The normalized spacial score (nSPS) is 11.6. The smallest absolute Gasteiger partial charge is 0.207 e. The van der Waals surface area contributed by atoms with Gasteiger partial charge in [0.25, 0.3) is 9.05 Å². The molecule has 0 bridgehead atoms. The Morgan fingerprint density at radius 3 is 2.56 bits per heavy atom. The van der Waals surface area contributed by atoms with Gasteiger partial charge < -0.3 is 0 Å². The fraction of sp³-hybridized carbons (Fsp3) is 0.0909. The van der Waals surface area contributed by atoms with Crippen molar-refractivity contribution in [1.82, 2.24) is 0 Å². The molecule has 1 aromatic heterocycles. The molecule has 1 heterocycles. The molecule has 0 unspecified atom stereocenters. The minimum atomic E-state index is -3.66. The summed E-state index contributed by atoms with van der Waals surface area (Å²) in [5.41, 5.74) is 1.95. The molecule has 2 nitrogen and oxygen atoms in total. The molecular formula is C11H9ClO2S2. The summed E-state index contributed by atoms with van der Waals surface area (Å²) in [6.07, 6.45) is 0. The van der Waals surface area contributed by atoms with Crippen LogP contribution in [0.3, 0.4) is 0 Å². The van der Waals surface area contributed by atoms with E-state index >= 15 is 0 Å². The summed E-state index contributed by atoms with van der Waals surface area (Å²) in [7, 11) is 1.66. The molecule has 0 saturated heterocycles. The Morgan fingerprint density at radius 2 is 2.00 bits per heavy atom. The lowest BCUT2D eigenvalue weighted by molar-refractivity contribution is 0.609. The van der Waals surface area contributed by atoms with E-state index in [2.05, 4.69) is 0 Å². The van der Waals surface area contributed by atoms with Gasteiger partial charge in [-0.1, -0.05) is 12.1 Å². The first-order valence-corrected chi connectivity index (χ1v) is 7.76. The molecule has 2 rings (SSSR count). The summed E-state index contributed by atoms with van der Waals surface area (Å²) < 4.78 is 22.5. The lowest BCUT2D eigenvalue weighted by atomic mass is 10.1. The molecule has 2 aromatic rings. The highest BCUT2D eigenvalue weighted by Gasteiger charge is 2.12. The number of aryl methyl sites for hydroxylation is 1. The molecule has 0 aliphatic carbocycles. The molecule has 0 atom stereocenters. The predicted molar refractivity (Wildman–Crippen MR) is 67.5 cm³/mol. The van der Waals surface area contributed by atoms with E-state index < -0.39 is 9.05 Å². The zero-order chi connectivity index (χ0) is 11.8. The van der Waals surface area contributed by atoms with Crippen molar-refractivity contribution in [2.45, 2.75) is 11.8 Å². The third-order valence-corrected chi connectivity index (χ3v) is 4.53. The first-order chi connectivity index (χ1) is 7.48. The molecule has 5 heteroatoms. The van der Waals surface area contributed by atoms with Gasteiger partial charge in [-0.15, -0.1) is 11.3 Å². The van der Waals surface area contributed by atoms with E-state index in [9.17, 15) is 8.42 Å². The summed E-state index contributed by atoms with van der Waals surface area (Å²) in [5, 5.41) is 1.96. The maximum atomic E-state index is 11.2. The maximum absolute atomic E-state index is 11.2. The fourth-order valence-electron chi connectivity index (χ4n) is 1.45. The maximum Gasteiger partial charge on any atom is 0.261 e. The number of hydrogen-bond donors (Lipinski definition) is 0. The second-order valence-electron chi connectivity index (χ2n) is 3.39. The van der Waals surface area contributed by atoms with Crippen molar-refractivity contribution in [2.24, 2.45) is 0 Å². The minimum Gasteiger partial charge on any atom is -0.207 e. The van der Waals surface area contributed by atoms with Crippen molar-refractivity contribution in [3.05, 3.63) is 41.3 Å². The van der Waals surface area contributed by atoms with Gasteiger partial charge in [0, 0.05) is 15.6 Å². The van der Waals surface area contributed by atoms with Crippen LogP contribution >= 0.6 is 22.0 Å². The molecule has 0 aliphatic rings. The predicted octanol–water partition coefficient (Wildman–Crippen LogP) is 3.65. The highest BCUT2D eigenvalue weighted by molar-refractivity contribution is 8.13. The zero-order valence-electron chi connectivity index (χ0n) is 8.48. The second-order valence-corrected chi connectivity index (χ2v) is 6.91. The number of hydrogen-bond acceptors (Lipinski definition) is 3. The fourth-order valence-corrected chi connectivity index (χ4v) is 3.03. The van der Waals surface area contributed by atoms with Crippen LogP contribution in [-0.2, 0) is 9.05 Å². The lowest BCUT2D eigenvalue weighted by Crippen LogP contribution is -1.92. The summed E-state index contributed by atoms with van der Waals surface area (Å²) in [6.45, 7) is 1.94. The Bertz CT molecular complexity index is 601. The molecule has 0 spiro atoms. The van der Waals surface area contributed by atoms with Gasteiger partial charge in [0.05, 0.1) is 4.90 Å². The van der Waals surface area contributed by atoms with Gasteiger partial charge >= 0.3 is 0 Å². The van der Waals surface area contributed by atoms with Crippen LogP contribution in [0.2, 0.25) is 0 Å². The second kappa shape index (κ2) is 4.20. The van der Waals surface area contributed by atoms with Crippen molar-refractivity contribution in [3.63, 3.8) is 0 Å². The minimum absolute atomic E-state index is 0.142. The molecule has 0 aliphatic heterocycles. The van der Waals surface area contributed by atoms with Crippen LogP contribution in [-0.4, -0.2) is 8.42 Å². The first-order valence-electron chi connectivity index (χ1n) is 4.57. The van der Waals surface area contributed by atoms with Crippen LogP contribution in [0.15, 0.2) is 40.6 Å². The molecule has 16 heavy (non-hydrogen) atoms. The molecule has 0 N–H and O–H groups in total. The largest absolute Gasteiger partial charge is 0.261 e. The Kier molecular flexibility index (Phi) is 3.06. The summed E-state index contributed by atoms with van der Waals surface area (Å²) >= 11 is 1.57. The van der Waals surface area contributed by atoms with Gasteiger partial charge in [-0.05, 0) is 41.6 Å².